The molecule has 0 saturated carbocycles. The monoisotopic (exact) mass is 347 g/mol. The van der Waals surface area contributed by atoms with Gasteiger partial charge in [0.05, 0.1) is 6.42 Å². The van der Waals surface area contributed by atoms with Crippen LogP contribution in [-0.4, -0.2) is 26.6 Å². The molecule has 1 aromatic heterocycles. The summed E-state index contributed by atoms with van der Waals surface area (Å²) in [5.74, 6) is 0.353. The lowest BCUT2D eigenvalue weighted by molar-refractivity contribution is -0.123. The maximum Gasteiger partial charge on any atom is 0.252 e. The van der Waals surface area contributed by atoms with Crippen molar-refractivity contribution >= 4 is 23.5 Å². The first-order chi connectivity index (χ1) is 12.6. The highest BCUT2D eigenvalue weighted by molar-refractivity contribution is 6.01. The van der Waals surface area contributed by atoms with Crippen LogP contribution in [0.25, 0.3) is 11.4 Å². The predicted octanol–water partition coefficient (Wildman–Crippen LogP) is 2.78. The van der Waals surface area contributed by atoms with Crippen LogP contribution in [0.15, 0.2) is 54.6 Å². The van der Waals surface area contributed by atoms with Crippen LogP contribution in [0.2, 0.25) is 0 Å². The molecule has 26 heavy (non-hydrogen) atoms. The predicted molar refractivity (Wildman–Crippen MR) is 97.6 cm³/mol. The van der Waals surface area contributed by atoms with Crippen LogP contribution in [0.4, 0.5) is 11.6 Å². The van der Waals surface area contributed by atoms with Crippen molar-refractivity contribution in [3.05, 3.63) is 60.2 Å². The van der Waals surface area contributed by atoms with E-state index < -0.39 is 6.04 Å². The van der Waals surface area contributed by atoms with E-state index in [-0.39, 0.29) is 18.2 Å². The summed E-state index contributed by atoms with van der Waals surface area (Å²) in [6, 6.07) is 16.3. The van der Waals surface area contributed by atoms with Crippen LogP contribution >= 0.6 is 0 Å². The Hall–Kier alpha value is -3.48. The van der Waals surface area contributed by atoms with Crippen LogP contribution in [0, 0.1) is 6.92 Å². The molecule has 2 heterocycles. The number of hydrogen-bond acceptors (Lipinski definition) is 4. The largest absolute Gasteiger partial charge is 0.326 e. The Morgan fingerprint density at radius 2 is 2.00 bits per heavy atom. The van der Waals surface area contributed by atoms with E-state index in [9.17, 15) is 9.59 Å². The molecule has 0 aliphatic carbocycles. The molecule has 1 aliphatic heterocycles. The Kier molecular flexibility index (Phi) is 3.96. The van der Waals surface area contributed by atoms with Gasteiger partial charge in [0.25, 0.3) is 5.91 Å². The van der Waals surface area contributed by atoms with Crippen molar-refractivity contribution in [2.75, 3.05) is 10.6 Å². The van der Waals surface area contributed by atoms with E-state index in [1.54, 1.807) is 0 Å². The lowest BCUT2D eigenvalue weighted by Gasteiger charge is -2.10. The summed E-state index contributed by atoms with van der Waals surface area (Å²) in [4.78, 5) is 28.9. The van der Waals surface area contributed by atoms with Gasteiger partial charge >= 0.3 is 0 Å². The SMILES string of the molecule is Cc1cccc(NC(=O)C[C@@H]2C(=O)Nc3nc(-c4ccccc4)nn32)c1. The van der Waals surface area contributed by atoms with Crippen molar-refractivity contribution in [3.8, 4) is 11.4 Å². The first-order valence-electron chi connectivity index (χ1n) is 8.29. The molecule has 7 heteroatoms. The molecule has 0 radical (unpaired) electrons. The number of hydrogen-bond donors (Lipinski definition) is 2. The standard InChI is InChI=1S/C19H17N5O2/c1-12-6-5-9-14(10-12)20-16(25)11-15-18(26)22-19-21-17(23-24(15)19)13-7-3-2-4-8-13/h2-10,15H,11H2,1H3,(H,20,25)(H,21,22,23,26)/t15-/m1/s1. The van der Waals surface area contributed by atoms with Gasteiger partial charge in [0.2, 0.25) is 11.9 Å². The fraction of sp³-hybridized carbons (Fsp3) is 0.158. The lowest BCUT2D eigenvalue weighted by atomic mass is 10.2. The number of rotatable bonds is 4. The third-order valence-corrected chi connectivity index (χ3v) is 4.18. The normalized spacial score (nSPS) is 15.4. The Morgan fingerprint density at radius 3 is 2.77 bits per heavy atom. The highest BCUT2D eigenvalue weighted by atomic mass is 16.2. The van der Waals surface area contributed by atoms with Crippen molar-refractivity contribution in [1.82, 2.24) is 14.8 Å². The zero-order chi connectivity index (χ0) is 18.1. The van der Waals surface area contributed by atoms with Crippen molar-refractivity contribution in [2.45, 2.75) is 19.4 Å². The Morgan fingerprint density at radius 1 is 1.19 bits per heavy atom. The highest BCUT2D eigenvalue weighted by Gasteiger charge is 2.35. The quantitative estimate of drug-likeness (QED) is 0.759. The minimum Gasteiger partial charge on any atom is -0.326 e. The van der Waals surface area contributed by atoms with Gasteiger partial charge in [-0.15, -0.1) is 5.10 Å². The molecule has 4 rings (SSSR count). The van der Waals surface area contributed by atoms with Gasteiger partial charge in [-0.05, 0) is 24.6 Å². The summed E-state index contributed by atoms with van der Waals surface area (Å²) in [6.45, 7) is 1.95. The second kappa shape index (κ2) is 6.44. The number of amides is 2. The second-order valence-corrected chi connectivity index (χ2v) is 6.20. The molecule has 0 saturated heterocycles. The van der Waals surface area contributed by atoms with Crippen LogP contribution in [0.1, 0.15) is 18.0 Å². The number of nitrogens with one attached hydrogen (secondary N) is 2. The number of carbonyl (C=O) groups excluding carboxylic acids is 2. The van der Waals surface area contributed by atoms with Gasteiger partial charge in [0.15, 0.2) is 5.82 Å². The van der Waals surface area contributed by atoms with E-state index >= 15 is 0 Å². The molecular formula is C19H17N5O2. The van der Waals surface area contributed by atoms with Gasteiger partial charge < -0.3 is 5.32 Å². The van der Waals surface area contributed by atoms with Crippen LogP contribution in [0.5, 0.6) is 0 Å². The molecule has 0 bridgehead atoms. The van der Waals surface area contributed by atoms with Gasteiger partial charge in [-0.25, -0.2) is 4.68 Å². The van der Waals surface area contributed by atoms with Crippen LogP contribution < -0.4 is 10.6 Å². The van der Waals surface area contributed by atoms with E-state index in [0.29, 0.717) is 17.5 Å². The highest BCUT2D eigenvalue weighted by Crippen LogP contribution is 2.28. The van der Waals surface area contributed by atoms with E-state index in [0.717, 1.165) is 11.1 Å². The Bertz CT molecular complexity index is 981. The molecule has 7 nitrogen and oxygen atoms in total. The zero-order valence-corrected chi connectivity index (χ0v) is 14.1. The van der Waals surface area contributed by atoms with Gasteiger partial charge in [-0.2, -0.15) is 4.98 Å². The number of carbonyl (C=O) groups is 2. The fourth-order valence-electron chi connectivity index (χ4n) is 2.93. The molecule has 130 valence electrons. The third kappa shape index (κ3) is 3.06. The topological polar surface area (TPSA) is 88.9 Å². The van der Waals surface area contributed by atoms with E-state index in [4.69, 9.17) is 0 Å². The van der Waals surface area contributed by atoms with Crippen LogP contribution in [0.3, 0.4) is 0 Å². The van der Waals surface area contributed by atoms with Crippen molar-refractivity contribution in [2.24, 2.45) is 0 Å². The molecule has 2 aromatic carbocycles. The smallest absolute Gasteiger partial charge is 0.252 e. The summed E-state index contributed by atoms with van der Waals surface area (Å²) in [6.07, 6.45) is -0.00956. The summed E-state index contributed by atoms with van der Waals surface area (Å²) >= 11 is 0. The van der Waals surface area contributed by atoms with Gasteiger partial charge in [0.1, 0.15) is 6.04 Å². The number of nitrogens with zero attached hydrogens (tertiary/aromatic N) is 3. The second-order valence-electron chi connectivity index (χ2n) is 6.20. The zero-order valence-electron chi connectivity index (χ0n) is 14.1. The minimum atomic E-state index is -0.709. The third-order valence-electron chi connectivity index (χ3n) is 4.18. The van der Waals surface area contributed by atoms with Gasteiger partial charge in [-0.1, -0.05) is 42.5 Å². The van der Waals surface area contributed by atoms with E-state index in [2.05, 4.69) is 20.7 Å². The molecule has 2 N–H and O–H groups in total. The summed E-state index contributed by atoms with van der Waals surface area (Å²) in [5, 5.41) is 9.91. The summed E-state index contributed by atoms with van der Waals surface area (Å²) in [5.41, 5.74) is 2.61. The van der Waals surface area contributed by atoms with Crippen molar-refractivity contribution in [1.29, 1.82) is 0 Å². The molecule has 0 fully saturated rings. The molecule has 2 amide bonds. The van der Waals surface area contributed by atoms with E-state index in [1.165, 1.54) is 4.68 Å². The first-order valence-corrected chi connectivity index (χ1v) is 8.29. The Balaban J connectivity index is 1.52. The average molecular weight is 347 g/mol. The molecular weight excluding hydrogens is 330 g/mol. The van der Waals surface area contributed by atoms with Crippen molar-refractivity contribution in [3.63, 3.8) is 0 Å². The number of benzene rings is 2. The van der Waals surface area contributed by atoms with Crippen LogP contribution in [-0.2, 0) is 9.59 Å². The minimum absolute atomic E-state index is 0.00956. The molecule has 3 aromatic rings. The number of aromatic nitrogens is 3. The number of fused-ring (bicyclic) bond motifs is 1. The van der Waals surface area contributed by atoms with Gasteiger partial charge in [0, 0.05) is 11.3 Å². The molecule has 0 unspecified atom stereocenters. The molecule has 1 atom stereocenters. The lowest BCUT2D eigenvalue weighted by Crippen LogP contribution is -2.23. The molecule has 1 aliphatic rings. The molecule has 0 spiro atoms. The van der Waals surface area contributed by atoms with Gasteiger partial charge in [-0.3, -0.25) is 14.9 Å². The maximum absolute atomic E-state index is 12.4. The number of aryl methyl sites for hydroxylation is 1. The maximum atomic E-state index is 12.4. The average Bonchev–Trinajstić information content (AvgIpc) is 3.15. The summed E-state index contributed by atoms with van der Waals surface area (Å²) in [7, 11) is 0. The Labute approximate surface area is 150 Å². The fourth-order valence-corrected chi connectivity index (χ4v) is 2.93. The summed E-state index contributed by atoms with van der Waals surface area (Å²) < 4.78 is 1.49. The number of anilines is 2. The first kappa shape index (κ1) is 16.0. The van der Waals surface area contributed by atoms with E-state index in [1.807, 2.05) is 61.5 Å². The van der Waals surface area contributed by atoms with Crippen molar-refractivity contribution < 1.29 is 9.59 Å².